The number of carbonyl (C=O) groups is 2. The molecule has 0 unspecified atom stereocenters. The number of hydrogen-bond donors (Lipinski definition) is 2. The minimum Gasteiger partial charge on any atom is -0.465 e. The van der Waals surface area contributed by atoms with Gasteiger partial charge < -0.3 is 9.47 Å². The summed E-state index contributed by atoms with van der Waals surface area (Å²) in [5, 5.41) is 7.01. The predicted molar refractivity (Wildman–Crippen MR) is 116 cm³/mol. The highest BCUT2D eigenvalue weighted by atomic mass is 32.2. The molecule has 168 valence electrons. The van der Waals surface area contributed by atoms with Crippen LogP contribution >= 0.6 is 0 Å². The topological polar surface area (TPSA) is 140 Å². The van der Waals surface area contributed by atoms with E-state index < -0.39 is 22.0 Å². The van der Waals surface area contributed by atoms with Crippen LogP contribution < -0.4 is 4.72 Å². The van der Waals surface area contributed by atoms with Crippen molar-refractivity contribution in [1.29, 1.82) is 0 Å². The number of nitrogens with one attached hydrogen (secondary N) is 2. The van der Waals surface area contributed by atoms with E-state index in [0.717, 1.165) is 26.4 Å². The molecule has 11 heteroatoms. The lowest BCUT2D eigenvalue weighted by atomic mass is 10.1. The minimum atomic E-state index is -4.21. The first-order chi connectivity index (χ1) is 15.2. The summed E-state index contributed by atoms with van der Waals surface area (Å²) in [6.45, 7) is 3.90. The van der Waals surface area contributed by atoms with Crippen molar-refractivity contribution >= 4 is 27.6 Å². The number of rotatable bonds is 7. The van der Waals surface area contributed by atoms with Gasteiger partial charge in [0.25, 0.3) is 10.0 Å². The first-order valence-corrected chi connectivity index (χ1v) is 11.0. The van der Waals surface area contributed by atoms with Gasteiger partial charge in [-0.25, -0.2) is 23.0 Å². The summed E-state index contributed by atoms with van der Waals surface area (Å²) in [7, 11) is -1.91. The Balaban J connectivity index is 2.05. The molecule has 0 bridgehead atoms. The maximum absolute atomic E-state index is 13.2. The second kappa shape index (κ2) is 9.18. The number of H-pyrrole nitrogens is 1. The van der Waals surface area contributed by atoms with Gasteiger partial charge in [-0.2, -0.15) is 5.10 Å². The van der Waals surface area contributed by atoms with Crippen molar-refractivity contribution in [3.05, 3.63) is 59.4 Å². The SMILES string of the molecule is COC(=O)c1cc(C(=O)OC)cc(S(=O)(=O)Nc2ccccc2-c2n[nH]c(C(C)C)n2)c1. The van der Waals surface area contributed by atoms with E-state index in [0.29, 0.717) is 17.2 Å². The Morgan fingerprint density at radius 3 is 2.12 bits per heavy atom. The summed E-state index contributed by atoms with van der Waals surface area (Å²) < 4.78 is 38.1. The Morgan fingerprint density at radius 1 is 1.00 bits per heavy atom. The highest BCUT2D eigenvalue weighted by molar-refractivity contribution is 7.92. The molecule has 2 aromatic carbocycles. The van der Waals surface area contributed by atoms with Crippen molar-refractivity contribution in [2.24, 2.45) is 0 Å². The molecule has 0 aliphatic heterocycles. The highest BCUT2D eigenvalue weighted by Crippen LogP contribution is 2.28. The smallest absolute Gasteiger partial charge is 0.337 e. The molecular formula is C21H22N4O6S. The first-order valence-electron chi connectivity index (χ1n) is 9.52. The molecule has 0 saturated carbocycles. The normalized spacial score (nSPS) is 11.3. The molecule has 3 aromatic rings. The third kappa shape index (κ3) is 4.78. The van der Waals surface area contributed by atoms with Gasteiger partial charge in [0.05, 0.1) is 35.9 Å². The van der Waals surface area contributed by atoms with Gasteiger partial charge in [-0.1, -0.05) is 26.0 Å². The molecular weight excluding hydrogens is 436 g/mol. The van der Waals surface area contributed by atoms with Gasteiger partial charge in [0.2, 0.25) is 0 Å². The lowest BCUT2D eigenvalue weighted by Crippen LogP contribution is -2.16. The average molecular weight is 458 g/mol. The third-order valence-corrected chi connectivity index (χ3v) is 5.87. The lowest BCUT2D eigenvalue weighted by Gasteiger charge is -2.13. The molecule has 0 spiro atoms. The Hall–Kier alpha value is -3.73. The molecule has 0 aliphatic carbocycles. The van der Waals surface area contributed by atoms with E-state index in [1.807, 2.05) is 13.8 Å². The Kier molecular flexibility index (Phi) is 6.58. The zero-order chi connectivity index (χ0) is 23.5. The van der Waals surface area contributed by atoms with Gasteiger partial charge in [0, 0.05) is 11.5 Å². The van der Waals surface area contributed by atoms with E-state index >= 15 is 0 Å². The molecule has 3 rings (SSSR count). The van der Waals surface area contributed by atoms with Crippen LogP contribution in [-0.2, 0) is 19.5 Å². The zero-order valence-corrected chi connectivity index (χ0v) is 18.7. The molecule has 2 N–H and O–H groups in total. The van der Waals surface area contributed by atoms with Crippen LogP contribution in [0.3, 0.4) is 0 Å². The van der Waals surface area contributed by atoms with Gasteiger partial charge in [0.1, 0.15) is 5.82 Å². The average Bonchev–Trinajstić information content (AvgIpc) is 3.28. The lowest BCUT2D eigenvalue weighted by molar-refractivity contribution is 0.0598. The molecule has 0 aliphatic rings. The van der Waals surface area contributed by atoms with Crippen molar-refractivity contribution < 1.29 is 27.5 Å². The molecule has 10 nitrogen and oxygen atoms in total. The van der Waals surface area contributed by atoms with E-state index in [-0.39, 0.29) is 27.6 Å². The number of sulfonamides is 1. The van der Waals surface area contributed by atoms with E-state index in [4.69, 9.17) is 0 Å². The van der Waals surface area contributed by atoms with Gasteiger partial charge in [-0.15, -0.1) is 0 Å². The minimum absolute atomic E-state index is 0.109. The summed E-state index contributed by atoms with van der Waals surface area (Å²) >= 11 is 0. The summed E-state index contributed by atoms with van der Waals surface area (Å²) in [5.41, 5.74) is 0.459. The van der Waals surface area contributed by atoms with Gasteiger partial charge in [0.15, 0.2) is 5.82 Å². The van der Waals surface area contributed by atoms with Crippen molar-refractivity contribution in [3.8, 4) is 11.4 Å². The van der Waals surface area contributed by atoms with Crippen molar-refractivity contribution in [2.75, 3.05) is 18.9 Å². The summed E-state index contributed by atoms with van der Waals surface area (Å²) in [4.78, 5) is 28.1. The number of hydrogen-bond acceptors (Lipinski definition) is 8. The standard InChI is InChI=1S/C21H22N4O6S/c1-12(2)18-22-19(24-23-18)16-7-5-6-8-17(16)25-32(28,29)15-10-13(20(26)30-3)9-14(11-15)21(27)31-4/h5-12,25H,1-4H3,(H,22,23,24). The monoisotopic (exact) mass is 458 g/mol. The van der Waals surface area contributed by atoms with E-state index in [9.17, 15) is 18.0 Å². The maximum atomic E-state index is 13.2. The van der Waals surface area contributed by atoms with Crippen LogP contribution in [0.4, 0.5) is 5.69 Å². The van der Waals surface area contributed by atoms with E-state index in [2.05, 4.69) is 29.4 Å². The van der Waals surface area contributed by atoms with Crippen LogP contribution in [-0.4, -0.2) is 49.8 Å². The van der Waals surface area contributed by atoms with Gasteiger partial charge in [-0.3, -0.25) is 9.82 Å². The molecule has 1 aromatic heterocycles. The molecule has 0 amide bonds. The number of ether oxygens (including phenoxy) is 2. The number of aromatic amines is 1. The summed E-state index contributed by atoms with van der Waals surface area (Å²) in [6.07, 6.45) is 0. The van der Waals surface area contributed by atoms with Crippen LogP contribution in [0.5, 0.6) is 0 Å². The quantitative estimate of drug-likeness (QED) is 0.515. The molecule has 1 heterocycles. The predicted octanol–water partition coefficient (Wildman–Crippen LogP) is 2.97. The van der Waals surface area contributed by atoms with Crippen LogP contribution in [0.15, 0.2) is 47.4 Å². The largest absolute Gasteiger partial charge is 0.465 e. The van der Waals surface area contributed by atoms with Crippen LogP contribution in [0, 0.1) is 0 Å². The number of aromatic nitrogens is 3. The Morgan fingerprint density at radius 2 is 1.59 bits per heavy atom. The number of esters is 2. The number of para-hydroxylation sites is 1. The number of carbonyl (C=O) groups excluding carboxylic acids is 2. The molecule has 0 atom stereocenters. The zero-order valence-electron chi connectivity index (χ0n) is 17.9. The number of methoxy groups -OCH3 is 2. The molecule has 0 fully saturated rings. The molecule has 0 radical (unpaired) electrons. The van der Waals surface area contributed by atoms with Crippen molar-refractivity contribution in [1.82, 2.24) is 15.2 Å². The highest BCUT2D eigenvalue weighted by Gasteiger charge is 2.23. The fraction of sp³-hybridized carbons (Fsp3) is 0.238. The van der Waals surface area contributed by atoms with Crippen LogP contribution in [0.25, 0.3) is 11.4 Å². The van der Waals surface area contributed by atoms with Gasteiger partial charge in [-0.05, 0) is 30.3 Å². The van der Waals surface area contributed by atoms with Crippen LogP contribution in [0.2, 0.25) is 0 Å². The fourth-order valence-corrected chi connectivity index (χ4v) is 4.00. The number of anilines is 1. The molecule has 32 heavy (non-hydrogen) atoms. The number of benzene rings is 2. The Labute approximate surface area is 185 Å². The Bertz CT molecular complexity index is 1230. The van der Waals surface area contributed by atoms with Gasteiger partial charge >= 0.3 is 11.9 Å². The first kappa shape index (κ1) is 22.9. The fourth-order valence-electron chi connectivity index (χ4n) is 2.85. The van der Waals surface area contributed by atoms with E-state index in [1.54, 1.807) is 24.3 Å². The number of nitrogens with zero attached hydrogens (tertiary/aromatic N) is 2. The van der Waals surface area contributed by atoms with Crippen molar-refractivity contribution in [2.45, 2.75) is 24.7 Å². The summed E-state index contributed by atoms with van der Waals surface area (Å²) in [5.74, 6) is -0.501. The summed E-state index contributed by atoms with van der Waals surface area (Å²) in [6, 6.07) is 10.1. The maximum Gasteiger partial charge on any atom is 0.337 e. The second-order valence-corrected chi connectivity index (χ2v) is 8.76. The van der Waals surface area contributed by atoms with E-state index in [1.165, 1.54) is 6.07 Å². The third-order valence-electron chi connectivity index (χ3n) is 4.52. The second-order valence-electron chi connectivity index (χ2n) is 7.08. The van der Waals surface area contributed by atoms with Crippen LogP contribution in [0.1, 0.15) is 46.3 Å². The van der Waals surface area contributed by atoms with Crippen molar-refractivity contribution in [3.63, 3.8) is 0 Å². The molecule has 0 saturated heterocycles.